The minimum absolute atomic E-state index is 0.0483. The second-order valence-corrected chi connectivity index (χ2v) is 3.83. The smallest absolute Gasteiger partial charge is 0.333 e. The molecule has 0 aliphatic heterocycles. The molecule has 6 heteroatoms. The van der Waals surface area contributed by atoms with Crippen LogP contribution in [0.4, 0.5) is 11.4 Å². The first kappa shape index (κ1) is 12.9. The van der Waals surface area contributed by atoms with Gasteiger partial charge in [0, 0.05) is 12.1 Å². The van der Waals surface area contributed by atoms with Crippen molar-refractivity contribution in [1.29, 1.82) is 0 Å². The standard InChI is InChI=1S/C13H14N2O4/c1-2-19-12-5-3-4-11(13(12)15(16)17)14-8-10-6-7-18-9-10/h3-7,9,14H,2,8H2,1H3. The van der Waals surface area contributed by atoms with Crippen LogP contribution in [0.3, 0.4) is 0 Å². The summed E-state index contributed by atoms with van der Waals surface area (Å²) in [6.07, 6.45) is 3.15. The molecule has 1 aromatic carbocycles. The van der Waals surface area contributed by atoms with E-state index in [9.17, 15) is 10.1 Å². The number of nitro benzene ring substituents is 1. The highest BCUT2D eigenvalue weighted by atomic mass is 16.6. The van der Waals surface area contributed by atoms with Gasteiger partial charge in [-0.1, -0.05) is 6.07 Å². The lowest BCUT2D eigenvalue weighted by molar-refractivity contribution is -0.384. The van der Waals surface area contributed by atoms with Crippen molar-refractivity contribution < 1.29 is 14.1 Å². The lowest BCUT2D eigenvalue weighted by atomic mass is 10.2. The zero-order chi connectivity index (χ0) is 13.7. The molecule has 0 saturated carbocycles. The molecule has 0 spiro atoms. The Labute approximate surface area is 110 Å². The molecular weight excluding hydrogens is 248 g/mol. The SMILES string of the molecule is CCOc1cccc(NCc2ccoc2)c1[N+](=O)[O-]. The lowest BCUT2D eigenvalue weighted by Crippen LogP contribution is -2.04. The van der Waals surface area contributed by atoms with Crippen LogP contribution in [0.15, 0.2) is 41.2 Å². The molecule has 100 valence electrons. The number of benzene rings is 1. The summed E-state index contributed by atoms with van der Waals surface area (Å²) in [7, 11) is 0. The minimum atomic E-state index is -0.442. The lowest BCUT2D eigenvalue weighted by Gasteiger charge is -2.09. The molecule has 0 radical (unpaired) electrons. The van der Waals surface area contributed by atoms with Crippen molar-refractivity contribution in [3.63, 3.8) is 0 Å². The van der Waals surface area contributed by atoms with Gasteiger partial charge in [0.2, 0.25) is 0 Å². The van der Waals surface area contributed by atoms with Gasteiger partial charge in [0.25, 0.3) is 0 Å². The molecule has 0 aliphatic carbocycles. The van der Waals surface area contributed by atoms with E-state index in [2.05, 4.69) is 5.32 Å². The monoisotopic (exact) mass is 262 g/mol. The number of anilines is 1. The van der Waals surface area contributed by atoms with Crippen molar-refractivity contribution in [2.75, 3.05) is 11.9 Å². The number of hydrogen-bond donors (Lipinski definition) is 1. The van der Waals surface area contributed by atoms with Gasteiger partial charge in [-0.05, 0) is 25.1 Å². The molecule has 0 atom stereocenters. The van der Waals surface area contributed by atoms with Gasteiger partial charge in [0.1, 0.15) is 5.69 Å². The predicted octanol–water partition coefficient (Wildman–Crippen LogP) is 3.20. The number of nitrogens with one attached hydrogen (secondary N) is 1. The number of hydrogen-bond acceptors (Lipinski definition) is 5. The summed E-state index contributed by atoms with van der Waals surface area (Å²) in [5.41, 5.74) is 1.29. The Bertz CT molecular complexity index is 552. The molecule has 6 nitrogen and oxygen atoms in total. The molecular formula is C13H14N2O4. The van der Waals surface area contributed by atoms with E-state index in [1.807, 2.05) is 0 Å². The molecule has 1 N–H and O–H groups in total. The van der Waals surface area contributed by atoms with Crippen LogP contribution >= 0.6 is 0 Å². The highest BCUT2D eigenvalue weighted by Crippen LogP contribution is 2.34. The summed E-state index contributed by atoms with van der Waals surface area (Å²) in [5.74, 6) is 0.268. The average Bonchev–Trinajstić information content (AvgIpc) is 2.89. The first-order valence-electron chi connectivity index (χ1n) is 5.87. The third-order valence-electron chi connectivity index (χ3n) is 2.54. The van der Waals surface area contributed by atoms with E-state index in [1.54, 1.807) is 43.7 Å². The summed E-state index contributed by atoms with van der Waals surface area (Å²) in [4.78, 5) is 10.7. The van der Waals surface area contributed by atoms with Crippen LogP contribution in [0.5, 0.6) is 5.75 Å². The summed E-state index contributed by atoms with van der Waals surface area (Å²) >= 11 is 0. The third kappa shape index (κ3) is 3.04. The fraction of sp³-hybridized carbons (Fsp3) is 0.231. The van der Waals surface area contributed by atoms with Crippen molar-refractivity contribution in [2.24, 2.45) is 0 Å². The number of nitrogens with zero attached hydrogens (tertiary/aromatic N) is 1. The maximum Gasteiger partial charge on any atom is 0.333 e. The van der Waals surface area contributed by atoms with Crippen LogP contribution in [0.2, 0.25) is 0 Å². The Hall–Kier alpha value is -2.50. The Morgan fingerprint density at radius 3 is 2.89 bits per heavy atom. The topological polar surface area (TPSA) is 77.5 Å². The Balaban J connectivity index is 2.23. The van der Waals surface area contributed by atoms with Crippen molar-refractivity contribution in [2.45, 2.75) is 13.5 Å². The average molecular weight is 262 g/mol. The second-order valence-electron chi connectivity index (χ2n) is 3.83. The van der Waals surface area contributed by atoms with E-state index < -0.39 is 4.92 Å². The third-order valence-corrected chi connectivity index (χ3v) is 2.54. The van der Waals surface area contributed by atoms with Crippen molar-refractivity contribution >= 4 is 11.4 Å². The normalized spacial score (nSPS) is 10.2. The zero-order valence-corrected chi connectivity index (χ0v) is 10.5. The molecule has 0 saturated heterocycles. The highest BCUT2D eigenvalue weighted by molar-refractivity contribution is 5.68. The van der Waals surface area contributed by atoms with Gasteiger partial charge < -0.3 is 14.5 Å². The fourth-order valence-electron chi connectivity index (χ4n) is 1.72. The molecule has 1 aromatic heterocycles. The Morgan fingerprint density at radius 1 is 1.42 bits per heavy atom. The van der Waals surface area contributed by atoms with Crippen LogP contribution < -0.4 is 10.1 Å². The number of nitro groups is 1. The quantitative estimate of drug-likeness (QED) is 0.639. The molecule has 2 aromatic rings. The number of rotatable bonds is 6. The molecule has 0 amide bonds. The van der Waals surface area contributed by atoms with E-state index in [-0.39, 0.29) is 11.4 Å². The van der Waals surface area contributed by atoms with E-state index >= 15 is 0 Å². The second kappa shape index (κ2) is 5.90. The number of ether oxygens (including phenoxy) is 1. The summed E-state index contributed by atoms with van der Waals surface area (Å²) in [6.45, 7) is 2.62. The van der Waals surface area contributed by atoms with E-state index in [1.165, 1.54) is 0 Å². The Morgan fingerprint density at radius 2 is 2.26 bits per heavy atom. The highest BCUT2D eigenvalue weighted by Gasteiger charge is 2.20. The summed E-state index contributed by atoms with van der Waals surface area (Å²) in [6, 6.07) is 6.76. The first-order valence-corrected chi connectivity index (χ1v) is 5.87. The van der Waals surface area contributed by atoms with Gasteiger partial charge in [-0.15, -0.1) is 0 Å². The zero-order valence-electron chi connectivity index (χ0n) is 10.5. The molecule has 0 unspecified atom stereocenters. The first-order chi connectivity index (χ1) is 9.22. The molecule has 0 bridgehead atoms. The number of para-hydroxylation sites is 1. The molecule has 19 heavy (non-hydrogen) atoms. The largest absolute Gasteiger partial charge is 0.487 e. The van der Waals surface area contributed by atoms with E-state index in [4.69, 9.17) is 9.15 Å². The molecule has 0 fully saturated rings. The van der Waals surface area contributed by atoms with Crippen molar-refractivity contribution in [3.8, 4) is 5.75 Å². The van der Waals surface area contributed by atoms with Gasteiger partial charge >= 0.3 is 5.69 Å². The predicted molar refractivity (Wildman–Crippen MR) is 70.3 cm³/mol. The van der Waals surface area contributed by atoms with Gasteiger partial charge in [0.05, 0.1) is 24.1 Å². The van der Waals surface area contributed by atoms with Crippen LogP contribution in [-0.4, -0.2) is 11.5 Å². The maximum atomic E-state index is 11.1. The number of furan rings is 1. The van der Waals surface area contributed by atoms with Crippen LogP contribution in [0.1, 0.15) is 12.5 Å². The van der Waals surface area contributed by atoms with Crippen LogP contribution in [0.25, 0.3) is 0 Å². The van der Waals surface area contributed by atoms with Crippen molar-refractivity contribution in [3.05, 3.63) is 52.5 Å². The molecule has 2 rings (SSSR count). The van der Waals surface area contributed by atoms with Crippen molar-refractivity contribution in [1.82, 2.24) is 0 Å². The van der Waals surface area contributed by atoms with Gasteiger partial charge in [-0.3, -0.25) is 10.1 Å². The maximum absolute atomic E-state index is 11.1. The van der Waals surface area contributed by atoms with Gasteiger partial charge in [-0.2, -0.15) is 0 Å². The van der Waals surface area contributed by atoms with E-state index in [0.717, 1.165) is 5.56 Å². The summed E-state index contributed by atoms with van der Waals surface area (Å²) in [5, 5.41) is 14.2. The van der Waals surface area contributed by atoms with Crippen LogP contribution in [-0.2, 0) is 6.54 Å². The van der Waals surface area contributed by atoms with E-state index in [0.29, 0.717) is 18.8 Å². The molecule has 0 aliphatic rings. The Kier molecular flexibility index (Phi) is 4.02. The summed E-state index contributed by atoms with van der Waals surface area (Å²) < 4.78 is 10.2. The van der Waals surface area contributed by atoms with Gasteiger partial charge in [0.15, 0.2) is 5.75 Å². The fourth-order valence-corrected chi connectivity index (χ4v) is 1.72. The minimum Gasteiger partial charge on any atom is -0.487 e. The van der Waals surface area contributed by atoms with Crippen LogP contribution in [0, 0.1) is 10.1 Å². The van der Waals surface area contributed by atoms with Gasteiger partial charge in [-0.25, -0.2) is 0 Å². The molecule has 1 heterocycles.